The van der Waals surface area contributed by atoms with Crippen LogP contribution in [0.15, 0.2) is 168 Å². The van der Waals surface area contributed by atoms with Crippen LogP contribution in [0.25, 0.3) is 105 Å². The minimum absolute atomic E-state index is 0. The van der Waals surface area contributed by atoms with Gasteiger partial charge in [-0.1, -0.05) is 195 Å². The fourth-order valence-corrected chi connectivity index (χ4v) is 12.1. The number of aryl methyl sites for hydroxylation is 2. The van der Waals surface area contributed by atoms with E-state index in [0.29, 0.717) is 27.9 Å². The van der Waals surface area contributed by atoms with E-state index in [0.717, 1.165) is 71.2 Å². The fourth-order valence-electron chi connectivity index (χ4n) is 10.5. The number of pyridine rings is 1. The Morgan fingerprint density at radius 1 is 0.622 bits per heavy atom. The van der Waals surface area contributed by atoms with Gasteiger partial charge < -0.3 is 14.0 Å². The molecule has 1 radical (unpaired) electrons. The van der Waals surface area contributed by atoms with Crippen LogP contribution in [0.2, 0.25) is 19.6 Å². The van der Waals surface area contributed by atoms with Crippen molar-refractivity contribution in [1.29, 1.82) is 0 Å². The molecule has 0 fully saturated rings. The molecule has 3 aromatic heterocycles. The third-order valence-corrected chi connectivity index (χ3v) is 16.3. The van der Waals surface area contributed by atoms with Crippen LogP contribution in [0.4, 0.5) is 0 Å². The zero-order valence-electron chi connectivity index (χ0n) is 50.3. The SMILES string of the molecule is [2H]C([2H])([2H])c1c[c-]c(-c2cc(C([2H])(C)C)c([Si](C)(C)C)cn2)cc1.[2H]C([2H])([2H])c1c[c-]c(-c2nc3ccc4ccccc4c3n2-c2c(C(C)C)cc(-c3ccccc3)cc2C(C)C)c2oc3cc4c(ccc5ccccc54)cc3c12.[Ir]. The molecule has 0 bridgehead atoms. The van der Waals surface area contributed by atoms with Gasteiger partial charge in [-0.15, -0.1) is 53.1 Å². The Balaban J connectivity index is 0.000000249. The summed E-state index contributed by atoms with van der Waals surface area (Å²) in [5.41, 5.74) is 12.3. The first kappa shape index (κ1) is 42.4. The zero-order chi connectivity index (χ0) is 56.8. The standard InChI is InChI=1S/C50H39N2O.C18H24NSi.Ir/c1-29(2)40-26-36(32-13-7-6-8-14-32)27-41(30(3)4)47(40)52-48-38-18-12-10-16-34(38)22-24-44(48)51-50(52)39-23-19-31(5)46-43-25-35-21-20-33-15-9-11-17-37(33)42(35)28-45(43)53-49(39)46;1-13(2)16-11-17(15-9-7-14(3)8-10-15)19-12-18(16)20(4,5)6;/h6-22,24-30H,1-5H3;7-9,11-13H,1-6H3;/q2*-1;/i5D3;3D3,13D;. The van der Waals surface area contributed by atoms with Gasteiger partial charge in [-0.2, -0.15) is 0 Å². The van der Waals surface area contributed by atoms with Gasteiger partial charge in [-0.05, 0) is 108 Å². The average Bonchev–Trinajstić information content (AvgIpc) is 4.01. The maximum Gasteiger partial charge on any atom is 0.121 e. The number of imidazole rings is 1. The summed E-state index contributed by atoms with van der Waals surface area (Å²) in [4.78, 5) is 9.99. The molecule has 74 heavy (non-hydrogen) atoms. The van der Waals surface area contributed by atoms with Crippen LogP contribution in [0.3, 0.4) is 0 Å². The molecule has 0 aliphatic heterocycles. The molecule has 9 aromatic carbocycles. The fraction of sp³-hybridized carbons (Fsp3) is 0.206. The summed E-state index contributed by atoms with van der Waals surface area (Å²) in [7, 11) is -1.61. The van der Waals surface area contributed by atoms with Crippen molar-refractivity contribution in [3.8, 4) is 39.5 Å². The summed E-state index contributed by atoms with van der Waals surface area (Å²) in [5, 5.41) is 9.03. The zero-order valence-corrected chi connectivity index (χ0v) is 46.7. The van der Waals surface area contributed by atoms with E-state index < -0.39 is 27.7 Å². The predicted molar refractivity (Wildman–Crippen MR) is 314 cm³/mol. The van der Waals surface area contributed by atoms with E-state index in [2.05, 4.69) is 184 Å². The van der Waals surface area contributed by atoms with Crippen molar-refractivity contribution in [2.45, 2.75) is 92.6 Å². The minimum Gasteiger partial charge on any atom is -0.501 e. The summed E-state index contributed by atoms with van der Waals surface area (Å²) >= 11 is 0. The van der Waals surface area contributed by atoms with Crippen LogP contribution < -0.4 is 5.19 Å². The Kier molecular flexibility index (Phi) is 11.5. The summed E-state index contributed by atoms with van der Waals surface area (Å²) in [5.74, 6) is 0.277. The molecular weight excluding hydrogens is 1100 g/mol. The first-order valence-corrected chi connectivity index (χ1v) is 28.8. The molecule has 0 atom stereocenters. The molecule has 371 valence electrons. The number of rotatable bonds is 8. The van der Waals surface area contributed by atoms with Crippen molar-refractivity contribution in [3.05, 3.63) is 204 Å². The van der Waals surface area contributed by atoms with Gasteiger partial charge in [0.25, 0.3) is 0 Å². The Hall–Kier alpha value is -6.95. The topological polar surface area (TPSA) is 43.9 Å². The number of benzene rings is 9. The van der Waals surface area contributed by atoms with Crippen LogP contribution in [-0.4, -0.2) is 22.6 Å². The summed E-state index contributed by atoms with van der Waals surface area (Å²) in [6.45, 7) is 15.0. The number of nitrogens with zero attached hydrogens (tertiary/aromatic N) is 3. The molecule has 0 saturated carbocycles. The third kappa shape index (κ3) is 9.12. The first-order chi connectivity index (χ1) is 37.9. The van der Waals surface area contributed by atoms with Gasteiger partial charge in [0.15, 0.2) is 0 Å². The summed E-state index contributed by atoms with van der Waals surface area (Å²) < 4.78 is 66.0. The Labute approximate surface area is 460 Å². The van der Waals surface area contributed by atoms with E-state index in [9.17, 15) is 0 Å². The average molecular weight is 1170 g/mol. The molecular formula is C68H63IrN3OSi-2. The monoisotopic (exact) mass is 1170 g/mol. The maximum absolute atomic E-state index is 8.66. The molecule has 0 spiro atoms. The molecule has 0 amide bonds. The second-order valence-electron chi connectivity index (χ2n) is 21.2. The number of hydrogen-bond acceptors (Lipinski definition) is 3. The molecule has 0 aliphatic rings. The van der Waals surface area contributed by atoms with Gasteiger partial charge in [0, 0.05) is 52.4 Å². The Morgan fingerprint density at radius 2 is 1.30 bits per heavy atom. The van der Waals surface area contributed by atoms with Crippen LogP contribution in [0, 0.1) is 25.8 Å². The molecule has 12 rings (SSSR count). The molecule has 0 N–H and O–H groups in total. The molecule has 0 unspecified atom stereocenters. The molecule has 3 heterocycles. The molecule has 0 aliphatic carbocycles. The van der Waals surface area contributed by atoms with Crippen molar-refractivity contribution in [2.24, 2.45) is 0 Å². The van der Waals surface area contributed by atoms with Crippen molar-refractivity contribution in [2.75, 3.05) is 0 Å². The van der Waals surface area contributed by atoms with Gasteiger partial charge in [-0.3, -0.25) is 4.98 Å². The normalized spacial score (nSPS) is 13.9. The van der Waals surface area contributed by atoms with Gasteiger partial charge in [0.2, 0.25) is 0 Å². The van der Waals surface area contributed by atoms with E-state index >= 15 is 0 Å². The largest absolute Gasteiger partial charge is 0.501 e. The first-order valence-electron chi connectivity index (χ1n) is 28.8. The second-order valence-corrected chi connectivity index (χ2v) is 26.2. The van der Waals surface area contributed by atoms with Crippen molar-refractivity contribution < 1.29 is 34.1 Å². The molecule has 6 heteroatoms. The minimum atomic E-state index is -2.40. The van der Waals surface area contributed by atoms with Crippen molar-refractivity contribution in [3.63, 3.8) is 0 Å². The second kappa shape index (κ2) is 20.1. The molecule has 12 aromatic rings. The Morgan fingerprint density at radius 3 is 1.96 bits per heavy atom. The van der Waals surface area contributed by atoms with Crippen LogP contribution >= 0.6 is 0 Å². The Bertz CT molecular complexity index is 4330. The number of hydrogen-bond donors (Lipinski definition) is 0. The summed E-state index contributed by atoms with van der Waals surface area (Å²) in [6.07, 6.45) is 1.89. The van der Waals surface area contributed by atoms with E-state index in [1.54, 1.807) is 18.2 Å². The third-order valence-electron chi connectivity index (χ3n) is 14.3. The predicted octanol–water partition coefficient (Wildman–Crippen LogP) is 18.6. The van der Waals surface area contributed by atoms with Crippen LogP contribution in [0.1, 0.15) is 96.7 Å². The smallest absolute Gasteiger partial charge is 0.121 e. The van der Waals surface area contributed by atoms with Crippen molar-refractivity contribution >= 4 is 78.5 Å². The summed E-state index contributed by atoms with van der Waals surface area (Å²) in [6, 6.07) is 59.4. The molecule has 4 nitrogen and oxygen atoms in total. The molecule has 0 saturated heterocycles. The van der Waals surface area contributed by atoms with Crippen LogP contribution in [-0.2, 0) is 20.1 Å². The van der Waals surface area contributed by atoms with E-state index in [4.69, 9.17) is 19.0 Å². The van der Waals surface area contributed by atoms with Gasteiger partial charge in [-0.25, -0.2) is 0 Å². The van der Waals surface area contributed by atoms with E-state index in [-0.39, 0.29) is 43.1 Å². The quantitative estimate of drug-likeness (QED) is 0.0865. The van der Waals surface area contributed by atoms with Gasteiger partial charge in [0.1, 0.15) is 5.58 Å². The maximum atomic E-state index is 8.66. The van der Waals surface area contributed by atoms with Gasteiger partial charge >= 0.3 is 0 Å². The van der Waals surface area contributed by atoms with Crippen molar-refractivity contribution in [1.82, 2.24) is 14.5 Å². The van der Waals surface area contributed by atoms with E-state index in [1.165, 1.54) is 33.5 Å². The number of aromatic nitrogens is 3. The number of furan rings is 1. The van der Waals surface area contributed by atoms with E-state index in [1.807, 2.05) is 38.2 Å². The van der Waals surface area contributed by atoms with Gasteiger partial charge in [0.05, 0.1) is 30.5 Å². The van der Waals surface area contributed by atoms with Crippen LogP contribution in [0.5, 0.6) is 0 Å². The number of fused-ring (bicyclic) bond motifs is 9.